The van der Waals surface area contributed by atoms with Crippen LogP contribution in [0.5, 0.6) is 0 Å². The molecule has 0 saturated carbocycles. The quantitative estimate of drug-likeness (QED) is 0.578. The van der Waals surface area contributed by atoms with E-state index in [4.69, 9.17) is 16.7 Å². The molecule has 1 rings (SSSR count). The fraction of sp³-hybridized carbons (Fsp3) is 0.500. The van der Waals surface area contributed by atoms with Gasteiger partial charge in [-0.05, 0) is 31.5 Å². The Kier molecular flexibility index (Phi) is 4.87. The molecule has 0 aliphatic carbocycles. The van der Waals surface area contributed by atoms with Crippen molar-refractivity contribution in [2.24, 2.45) is 0 Å². The molecule has 78 valence electrons. The van der Waals surface area contributed by atoms with Gasteiger partial charge in [-0.3, -0.25) is 0 Å². The number of aliphatic hydroxyl groups excluding tert-OH is 1. The maximum Gasteiger partial charge on any atom is 0.129 e. The lowest BCUT2D eigenvalue weighted by atomic mass is 10.2. The molecule has 0 spiro atoms. The van der Waals surface area contributed by atoms with Gasteiger partial charge in [0.25, 0.3) is 0 Å². The number of halogens is 1. The highest BCUT2D eigenvalue weighted by atomic mass is 35.5. The van der Waals surface area contributed by atoms with E-state index in [9.17, 15) is 0 Å². The van der Waals surface area contributed by atoms with E-state index in [0.29, 0.717) is 5.15 Å². The molecule has 4 heteroatoms. The van der Waals surface area contributed by atoms with Crippen LogP contribution in [0.25, 0.3) is 0 Å². The lowest BCUT2D eigenvalue weighted by molar-refractivity contribution is 0.183. The normalized spacial score (nSPS) is 12.8. The van der Waals surface area contributed by atoms with Gasteiger partial charge in [0, 0.05) is 12.7 Å². The van der Waals surface area contributed by atoms with Crippen LogP contribution in [0.15, 0.2) is 18.3 Å². The molecular formula is C10H15ClN2O. The fourth-order valence-corrected chi connectivity index (χ4v) is 1.17. The van der Waals surface area contributed by atoms with Crippen molar-refractivity contribution in [1.82, 2.24) is 10.3 Å². The molecule has 0 fully saturated rings. The van der Waals surface area contributed by atoms with Gasteiger partial charge in [-0.15, -0.1) is 0 Å². The molecule has 3 nitrogen and oxygen atoms in total. The third-order valence-electron chi connectivity index (χ3n) is 1.86. The number of rotatable bonds is 5. The third-order valence-corrected chi connectivity index (χ3v) is 2.08. The van der Waals surface area contributed by atoms with Crippen LogP contribution >= 0.6 is 11.6 Å². The van der Waals surface area contributed by atoms with Crippen molar-refractivity contribution >= 4 is 11.6 Å². The third kappa shape index (κ3) is 4.56. The van der Waals surface area contributed by atoms with Gasteiger partial charge in [0.2, 0.25) is 0 Å². The summed E-state index contributed by atoms with van der Waals surface area (Å²) in [6.45, 7) is 3.35. The lowest BCUT2D eigenvalue weighted by Gasteiger charge is -2.06. The van der Waals surface area contributed by atoms with Crippen LogP contribution in [0.1, 0.15) is 18.9 Å². The van der Waals surface area contributed by atoms with Crippen LogP contribution in [-0.2, 0) is 6.54 Å². The Labute approximate surface area is 89.1 Å². The van der Waals surface area contributed by atoms with Crippen LogP contribution in [0, 0.1) is 0 Å². The van der Waals surface area contributed by atoms with E-state index < -0.39 is 0 Å². The Hall–Kier alpha value is -0.640. The van der Waals surface area contributed by atoms with Gasteiger partial charge < -0.3 is 10.4 Å². The number of pyridine rings is 1. The Bertz CT molecular complexity index is 261. The summed E-state index contributed by atoms with van der Waals surface area (Å²) in [6, 6.07) is 3.71. The van der Waals surface area contributed by atoms with Crippen LogP contribution in [0.4, 0.5) is 0 Å². The van der Waals surface area contributed by atoms with Gasteiger partial charge in [0.05, 0.1) is 6.10 Å². The number of aliphatic hydroxyl groups is 1. The molecule has 0 saturated heterocycles. The summed E-state index contributed by atoms with van der Waals surface area (Å²) in [7, 11) is 0. The molecule has 0 radical (unpaired) electrons. The predicted octanol–water partition coefficient (Wildman–Crippen LogP) is 1.60. The highest BCUT2D eigenvalue weighted by Gasteiger charge is 1.96. The van der Waals surface area contributed by atoms with Crippen LogP contribution in [0.3, 0.4) is 0 Å². The molecule has 0 amide bonds. The maximum absolute atomic E-state index is 9.02. The standard InChI is InChI=1S/C10H15ClN2O/c1-8(14)4-5-12-6-9-2-3-10(11)13-7-9/h2-3,7-8,12,14H,4-6H2,1H3. The molecule has 14 heavy (non-hydrogen) atoms. The highest BCUT2D eigenvalue weighted by molar-refractivity contribution is 6.29. The second kappa shape index (κ2) is 5.96. The molecular weight excluding hydrogens is 200 g/mol. The van der Waals surface area contributed by atoms with Gasteiger partial charge in [0.1, 0.15) is 5.15 Å². The van der Waals surface area contributed by atoms with E-state index in [1.165, 1.54) is 0 Å². The summed E-state index contributed by atoms with van der Waals surface area (Å²) in [5, 5.41) is 12.7. The summed E-state index contributed by atoms with van der Waals surface area (Å²) in [5.41, 5.74) is 1.10. The second-order valence-corrected chi connectivity index (χ2v) is 3.69. The van der Waals surface area contributed by atoms with E-state index in [0.717, 1.165) is 25.1 Å². The molecule has 1 aromatic rings. The molecule has 1 heterocycles. The van der Waals surface area contributed by atoms with Crippen molar-refractivity contribution in [2.75, 3.05) is 6.54 Å². The Morgan fingerprint density at radius 3 is 2.93 bits per heavy atom. The minimum atomic E-state index is -0.245. The first-order valence-corrected chi connectivity index (χ1v) is 5.05. The second-order valence-electron chi connectivity index (χ2n) is 3.30. The van der Waals surface area contributed by atoms with Gasteiger partial charge in [-0.2, -0.15) is 0 Å². The van der Waals surface area contributed by atoms with Crippen LogP contribution in [-0.4, -0.2) is 22.7 Å². The van der Waals surface area contributed by atoms with Crippen molar-refractivity contribution < 1.29 is 5.11 Å². The zero-order chi connectivity index (χ0) is 10.4. The van der Waals surface area contributed by atoms with Gasteiger partial charge >= 0.3 is 0 Å². The number of aromatic nitrogens is 1. The van der Waals surface area contributed by atoms with E-state index in [2.05, 4.69) is 10.3 Å². The average molecular weight is 215 g/mol. The summed E-state index contributed by atoms with van der Waals surface area (Å²) in [4.78, 5) is 3.97. The Balaban J connectivity index is 2.21. The molecule has 0 aromatic carbocycles. The maximum atomic E-state index is 9.02. The number of hydrogen-bond donors (Lipinski definition) is 2. The zero-order valence-electron chi connectivity index (χ0n) is 8.20. The predicted molar refractivity (Wildman–Crippen MR) is 57.3 cm³/mol. The van der Waals surface area contributed by atoms with E-state index in [1.54, 1.807) is 19.2 Å². The molecule has 1 aromatic heterocycles. The van der Waals surface area contributed by atoms with Crippen molar-refractivity contribution in [2.45, 2.75) is 26.0 Å². The average Bonchev–Trinajstić information content (AvgIpc) is 2.15. The lowest BCUT2D eigenvalue weighted by Crippen LogP contribution is -2.18. The molecule has 0 bridgehead atoms. The summed E-state index contributed by atoms with van der Waals surface area (Å²) in [5.74, 6) is 0. The number of nitrogens with one attached hydrogen (secondary N) is 1. The molecule has 0 aliphatic heterocycles. The molecule has 1 atom stereocenters. The van der Waals surface area contributed by atoms with E-state index >= 15 is 0 Å². The molecule has 1 unspecified atom stereocenters. The van der Waals surface area contributed by atoms with Gasteiger partial charge in [0.15, 0.2) is 0 Å². The first kappa shape index (κ1) is 11.4. The monoisotopic (exact) mass is 214 g/mol. The summed E-state index contributed by atoms with van der Waals surface area (Å²) < 4.78 is 0. The highest BCUT2D eigenvalue weighted by Crippen LogP contribution is 2.04. The van der Waals surface area contributed by atoms with Crippen LogP contribution in [0.2, 0.25) is 5.15 Å². The topological polar surface area (TPSA) is 45.1 Å². The van der Waals surface area contributed by atoms with Crippen molar-refractivity contribution in [3.63, 3.8) is 0 Å². The molecule has 0 aliphatic rings. The largest absolute Gasteiger partial charge is 0.393 e. The van der Waals surface area contributed by atoms with Gasteiger partial charge in [-0.25, -0.2) is 4.98 Å². The summed E-state index contributed by atoms with van der Waals surface area (Å²) in [6.07, 6.45) is 2.27. The fourth-order valence-electron chi connectivity index (χ4n) is 1.05. The van der Waals surface area contributed by atoms with E-state index in [-0.39, 0.29) is 6.10 Å². The Morgan fingerprint density at radius 1 is 1.57 bits per heavy atom. The van der Waals surface area contributed by atoms with Crippen molar-refractivity contribution in [1.29, 1.82) is 0 Å². The Morgan fingerprint density at radius 2 is 2.36 bits per heavy atom. The first-order chi connectivity index (χ1) is 6.68. The van der Waals surface area contributed by atoms with E-state index in [1.807, 2.05) is 6.07 Å². The van der Waals surface area contributed by atoms with Crippen molar-refractivity contribution in [3.8, 4) is 0 Å². The first-order valence-electron chi connectivity index (χ1n) is 4.67. The zero-order valence-corrected chi connectivity index (χ0v) is 8.96. The SMILES string of the molecule is CC(O)CCNCc1ccc(Cl)nc1. The minimum absolute atomic E-state index is 0.245. The number of nitrogens with zero attached hydrogens (tertiary/aromatic N) is 1. The number of hydrogen-bond acceptors (Lipinski definition) is 3. The van der Waals surface area contributed by atoms with Crippen molar-refractivity contribution in [3.05, 3.63) is 29.0 Å². The smallest absolute Gasteiger partial charge is 0.129 e. The minimum Gasteiger partial charge on any atom is -0.393 e. The molecule has 2 N–H and O–H groups in total. The van der Waals surface area contributed by atoms with Crippen LogP contribution < -0.4 is 5.32 Å². The van der Waals surface area contributed by atoms with Gasteiger partial charge in [-0.1, -0.05) is 17.7 Å². The summed E-state index contributed by atoms with van der Waals surface area (Å²) >= 11 is 5.65.